The molecule has 68 valence electrons. The monoisotopic (exact) mass is 164 g/mol. The van der Waals surface area contributed by atoms with Crippen LogP contribution in [0.2, 0.25) is 0 Å². The van der Waals surface area contributed by atoms with Gasteiger partial charge in [-0.05, 0) is 50.4 Å². The minimum atomic E-state index is 0.962. The largest absolute Gasteiger partial charge is 0.0850 e. The molecular weight excluding hydrogens is 144 g/mol. The van der Waals surface area contributed by atoms with Crippen molar-refractivity contribution in [1.82, 2.24) is 0 Å². The van der Waals surface area contributed by atoms with Crippen LogP contribution >= 0.6 is 0 Å². The van der Waals surface area contributed by atoms with Gasteiger partial charge in [-0.1, -0.05) is 25.0 Å². The van der Waals surface area contributed by atoms with E-state index in [9.17, 15) is 0 Å². The first-order chi connectivity index (χ1) is 5.84. The van der Waals surface area contributed by atoms with Crippen molar-refractivity contribution in [3.63, 3.8) is 0 Å². The fourth-order valence-electron chi connectivity index (χ4n) is 2.20. The van der Waals surface area contributed by atoms with E-state index in [4.69, 9.17) is 0 Å². The molecule has 0 aromatic carbocycles. The second kappa shape index (κ2) is 3.64. The van der Waals surface area contributed by atoms with Gasteiger partial charge in [-0.25, -0.2) is 0 Å². The zero-order valence-corrected chi connectivity index (χ0v) is 8.18. The van der Waals surface area contributed by atoms with Gasteiger partial charge in [-0.15, -0.1) is 0 Å². The second-order valence-corrected chi connectivity index (χ2v) is 4.74. The maximum Gasteiger partial charge on any atom is -0.0294 e. The molecule has 0 radical (unpaired) electrons. The highest BCUT2D eigenvalue weighted by Gasteiger charge is 2.20. The molecule has 1 atom stereocenters. The fourth-order valence-corrected chi connectivity index (χ4v) is 2.20. The molecule has 2 rings (SSSR count). The molecule has 0 heteroatoms. The molecule has 1 unspecified atom stereocenters. The van der Waals surface area contributed by atoms with Gasteiger partial charge >= 0.3 is 0 Å². The summed E-state index contributed by atoms with van der Waals surface area (Å²) in [5.41, 5.74) is 1.76. The van der Waals surface area contributed by atoms with Crippen LogP contribution in [0.1, 0.15) is 51.9 Å². The Kier molecular flexibility index (Phi) is 2.53. The van der Waals surface area contributed by atoms with Crippen LogP contribution in [0.25, 0.3) is 0 Å². The first kappa shape index (κ1) is 8.34. The van der Waals surface area contributed by atoms with Crippen LogP contribution in [-0.4, -0.2) is 0 Å². The third-order valence-corrected chi connectivity index (χ3v) is 3.24. The molecule has 2 aliphatic carbocycles. The van der Waals surface area contributed by atoms with E-state index in [-0.39, 0.29) is 0 Å². The summed E-state index contributed by atoms with van der Waals surface area (Å²) in [6.07, 6.45) is 12.6. The van der Waals surface area contributed by atoms with E-state index in [1.54, 1.807) is 5.57 Å². The molecule has 0 heterocycles. The van der Waals surface area contributed by atoms with E-state index in [2.05, 4.69) is 13.0 Å². The van der Waals surface area contributed by atoms with Gasteiger partial charge < -0.3 is 0 Å². The van der Waals surface area contributed by atoms with Crippen molar-refractivity contribution in [1.29, 1.82) is 0 Å². The Balaban J connectivity index is 1.79. The smallest absolute Gasteiger partial charge is 0.0294 e. The molecule has 0 bridgehead atoms. The average Bonchev–Trinajstić information content (AvgIpc) is 2.84. The molecular formula is C12H20. The minimum absolute atomic E-state index is 0.962. The third-order valence-electron chi connectivity index (χ3n) is 3.24. The molecule has 12 heavy (non-hydrogen) atoms. The summed E-state index contributed by atoms with van der Waals surface area (Å²) in [5, 5.41) is 0. The average molecular weight is 164 g/mol. The third kappa shape index (κ3) is 2.36. The standard InChI is InChI=1S/C12H20/c1-10-3-2-4-12(9-10)8-7-11-5-6-11/h8,10-11H,2-7,9H2,1H3/b12-8+. The van der Waals surface area contributed by atoms with E-state index in [1.807, 2.05) is 0 Å². The number of hydrogen-bond donors (Lipinski definition) is 0. The SMILES string of the molecule is CC1CCC/C(=C\CC2CC2)C1. The molecule has 0 nitrogen and oxygen atoms in total. The van der Waals surface area contributed by atoms with Crippen molar-refractivity contribution in [3.8, 4) is 0 Å². The lowest BCUT2D eigenvalue weighted by molar-refractivity contribution is 0.451. The van der Waals surface area contributed by atoms with Gasteiger partial charge in [0.15, 0.2) is 0 Å². The molecule has 2 aliphatic rings. The van der Waals surface area contributed by atoms with E-state index < -0.39 is 0 Å². The maximum atomic E-state index is 2.55. The summed E-state index contributed by atoms with van der Waals surface area (Å²) in [4.78, 5) is 0. The van der Waals surface area contributed by atoms with Crippen LogP contribution in [0.4, 0.5) is 0 Å². The fraction of sp³-hybridized carbons (Fsp3) is 0.833. The predicted octanol–water partition coefficient (Wildman–Crippen LogP) is 3.92. The Morgan fingerprint density at radius 3 is 2.83 bits per heavy atom. The summed E-state index contributed by atoms with van der Waals surface area (Å²) >= 11 is 0. The zero-order chi connectivity index (χ0) is 8.39. The van der Waals surface area contributed by atoms with Crippen LogP contribution in [-0.2, 0) is 0 Å². The Hall–Kier alpha value is -0.260. The van der Waals surface area contributed by atoms with E-state index in [0.29, 0.717) is 0 Å². The molecule has 2 fully saturated rings. The Morgan fingerprint density at radius 1 is 1.33 bits per heavy atom. The normalized spacial score (nSPS) is 34.1. The number of hydrogen-bond acceptors (Lipinski definition) is 0. The van der Waals surface area contributed by atoms with Gasteiger partial charge in [0, 0.05) is 0 Å². The first-order valence-corrected chi connectivity index (χ1v) is 5.52. The molecule has 0 aromatic heterocycles. The number of rotatable bonds is 2. The Labute approximate surface area is 76.1 Å². The van der Waals surface area contributed by atoms with Crippen molar-refractivity contribution < 1.29 is 0 Å². The molecule has 0 N–H and O–H groups in total. The van der Waals surface area contributed by atoms with Gasteiger partial charge in [0.1, 0.15) is 0 Å². The highest BCUT2D eigenvalue weighted by molar-refractivity contribution is 5.06. The van der Waals surface area contributed by atoms with Gasteiger partial charge in [0.2, 0.25) is 0 Å². The summed E-state index contributed by atoms with van der Waals surface area (Å²) < 4.78 is 0. The highest BCUT2D eigenvalue weighted by atomic mass is 14.3. The highest BCUT2D eigenvalue weighted by Crippen LogP contribution is 2.35. The van der Waals surface area contributed by atoms with Gasteiger partial charge in [0.25, 0.3) is 0 Å². The van der Waals surface area contributed by atoms with Crippen LogP contribution < -0.4 is 0 Å². The van der Waals surface area contributed by atoms with Crippen molar-refractivity contribution >= 4 is 0 Å². The van der Waals surface area contributed by atoms with E-state index in [0.717, 1.165) is 11.8 Å². The summed E-state index contributed by atoms with van der Waals surface area (Å²) in [6.45, 7) is 2.39. The summed E-state index contributed by atoms with van der Waals surface area (Å²) in [5.74, 6) is 2.04. The van der Waals surface area contributed by atoms with Crippen molar-refractivity contribution in [2.75, 3.05) is 0 Å². The lowest BCUT2D eigenvalue weighted by Gasteiger charge is -2.20. The molecule has 0 amide bonds. The van der Waals surface area contributed by atoms with Crippen molar-refractivity contribution in [2.45, 2.75) is 51.9 Å². The quantitative estimate of drug-likeness (QED) is 0.543. The molecule has 0 aromatic rings. The lowest BCUT2D eigenvalue weighted by Crippen LogP contribution is -2.04. The summed E-state index contributed by atoms with van der Waals surface area (Å²) in [6, 6.07) is 0. The first-order valence-electron chi connectivity index (χ1n) is 5.52. The van der Waals surface area contributed by atoms with E-state index >= 15 is 0 Å². The molecule has 2 saturated carbocycles. The lowest BCUT2D eigenvalue weighted by atomic mass is 9.86. The van der Waals surface area contributed by atoms with E-state index in [1.165, 1.54) is 44.9 Å². The van der Waals surface area contributed by atoms with Gasteiger partial charge in [-0.3, -0.25) is 0 Å². The van der Waals surface area contributed by atoms with Gasteiger partial charge in [0.05, 0.1) is 0 Å². The number of allylic oxidation sites excluding steroid dienone is 2. The van der Waals surface area contributed by atoms with Crippen LogP contribution in [0.3, 0.4) is 0 Å². The molecule has 0 spiro atoms. The van der Waals surface area contributed by atoms with Crippen molar-refractivity contribution in [3.05, 3.63) is 11.6 Å². The van der Waals surface area contributed by atoms with Crippen molar-refractivity contribution in [2.24, 2.45) is 11.8 Å². The van der Waals surface area contributed by atoms with Gasteiger partial charge in [-0.2, -0.15) is 0 Å². The van der Waals surface area contributed by atoms with Crippen LogP contribution in [0, 0.1) is 11.8 Å². The maximum absolute atomic E-state index is 2.55. The zero-order valence-electron chi connectivity index (χ0n) is 8.18. The Morgan fingerprint density at radius 2 is 2.17 bits per heavy atom. The van der Waals surface area contributed by atoms with Crippen LogP contribution in [0.15, 0.2) is 11.6 Å². The topological polar surface area (TPSA) is 0 Å². The van der Waals surface area contributed by atoms with Crippen LogP contribution in [0.5, 0.6) is 0 Å². The molecule has 0 aliphatic heterocycles. The minimum Gasteiger partial charge on any atom is -0.0850 e. The second-order valence-electron chi connectivity index (χ2n) is 4.74. The molecule has 0 saturated heterocycles. The Bertz CT molecular complexity index is 174. The predicted molar refractivity (Wildman–Crippen MR) is 53.1 cm³/mol. The summed E-state index contributed by atoms with van der Waals surface area (Å²) in [7, 11) is 0.